The van der Waals surface area contributed by atoms with E-state index in [9.17, 15) is 4.79 Å². The molecule has 2 rings (SSSR count). The minimum absolute atomic E-state index is 0.0910. The number of nitrogens with zero attached hydrogens (tertiary/aromatic N) is 1. The topological polar surface area (TPSA) is 29.5 Å². The lowest BCUT2D eigenvalue weighted by Gasteiger charge is -2.35. The molecule has 21 heavy (non-hydrogen) atoms. The van der Waals surface area contributed by atoms with Gasteiger partial charge in [0.15, 0.2) is 0 Å². The molecule has 1 unspecified atom stereocenters. The number of benzene rings is 1. The fourth-order valence-corrected chi connectivity index (χ4v) is 3.12. The molecule has 0 bridgehead atoms. The lowest BCUT2D eigenvalue weighted by atomic mass is 9.96. The van der Waals surface area contributed by atoms with Gasteiger partial charge in [-0.1, -0.05) is 24.6 Å². The van der Waals surface area contributed by atoms with Crippen molar-refractivity contribution in [2.45, 2.75) is 58.5 Å². The molecular weight excluding hydrogens is 262 g/mol. The zero-order valence-electron chi connectivity index (χ0n) is 13.5. The first kappa shape index (κ1) is 16.0. The molecule has 1 aliphatic heterocycles. The monoisotopic (exact) mass is 289 g/mol. The number of ether oxygens (including phenoxy) is 1. The minimum atomic E-state index is -0.0910. The summed E-state index contributed by atoms with van der Waals surface area (Å²) < 4.78 is 4.77. The molecule has 116 valence electrons. The average Bonchev–Trinajstić information content (AvgIpc) is 2.49. The standard InChI is InChI=1S/C18H27NO2/c1-14-7-8-16(12-15(14)2)13-19-11-5-4-6-17(19)9-10-18(20)21-3/h7-8,12,17H,4-6,9-11,13H2,1-3H3. The highest BCUT2D eigenvalue weighted by molar-refractivity contribution is 5.69. The molecule has 1 saturated heterocycles. The Morgan fingerprint density at radius 2 is 2.10 bits per heavy atom. The molecule has 0 amide bonds. The maximum Gasteiger partial charge on any atom is 0.305 e. The Morgan fingerprint density at radius 1 is 1.29 bits per heavy atom. The quantitative estimate of drug-likeness (QED) is 0.776. The summed E-state index contributed by atoms with van der Waals surface area (Å²) in [7, 11) is 1.47. The van der Waals surface area contributed by atoms with E-state index in [0.29, 0.717) is 12.5 Å². The van der Waals surface area contributed by atoms with Gasteiger partial charge >= 0.3 is 5.97 Å². The number of rotatable bonds is 5. The Bertz CT molecular complexity index is 484. The van der Waals surface area contributed by atoms with Crippen molar-refractivity contribution < 1.29 is 9.53 Å². The van der Waals surface area contributed by atoms with Gasteiger partial charge in [0.1, 0.15) is 0 Å². The molecule has 0 aromatic heterocycles. The van der Waals surface area contributed by atoms with Crippen LogP contribution in [0.1, 0.15) is 48.8 Å². The normalized spacial score (nSPS) is 19.5. The van der Waals surface area contributed by atoms with Gasteiger partial charge in [-0.2, -0.15) is 0 Å². The number of piperidine rings is 1. The van der Waals surface area contributed by atoms with E-state index >= 15 is 0 Å². The van der Waals surface area contributed by atoms with Crippen LogP contribution in [0.3, 0.4) is 0 Å². The Balaban J connectivity index is 1.97. The van der Waals surface area contributed by atoms with Crippen LogP contribution in [0.4, 0.5) is 0 Å². The van der Waals surface area contributed by atoms with Crippen LogP contribution in [-0.4, -0.2) is 30.6 Å². The first-order chi connectivity index (χ1) is 10.1. The molecule has 1 aromatic rings. The summed E-state index contributed by atoms with van der Waals surface area (Å²) in [6.07, 6.45) is 5.18. The van der Waals surface area contributed by atoms with Crippen LogP contribution in [0.5, 0.6) is 0 Å². The molecule has 0 saturated carbocycles. The average molecular weight is 289 g/mol. The zero-order valence-corrected chi connectivity index (χ0v) is 13.5. The highest BCUT2D eigenvalue weighted by Gasteiger charge is 2.23. The van der Waals surface area contributed by atoms with Crippen molar-refractivity contribution in [3.63, 3.8) is 0 Å². The maximum absolute atomic E-state index is 11.4. The maximum atomic E-state index is 11.4. The van der Waals surface area contributed by atoms with Gasteiger partial charge in [0.2, 0.25) is 0 Å². The second-order valence-electron chi connectivity index (χ2n) is 6.15. The van der Waals surface area contributed by atoms with Crippen molar-refractivity contribution in [1.29, 1.82) is 0 Å². The summed E-state index contributed by atoms with van der Waals surface area (Å²) in [5, 5.41) is 0. The third-order valence-corrected chi connectivity index (χ3v) is 4.62. The van der Waals surface area contributed by atoms with Crippen LogP contribution in [0.15, 0.2) is 18.2 Å². The summed E-state index contributed by atoms with van der Waals surface area (Å²) >= 11 is 0. The highest BCUT2D eigenvalue weighted by atomic mass is 16.5. The fraction of sp³-hybridized carbons (Fsp3) is 0.611. The molecule has 0 radical (unpaired) electrons. The van der Waals surface area contributed by atoms with Gasteiger partial charge in [-0.05, 0) is 56.3 Å². The Kier molecular flexibility index (Phi) is 5.80. The lowest BCUT2D eigenvalue weighted by molar-refractivity contribution is -0.141. The molecule has 0 spiro atoms. The summed E-state index contributed by atoms with van der Waals surface area (Å²) in [6, 6.07) is 7.24. The van der Waals surface area contributed by atoms with E-state index in [-0.39, 0.29) is 5.97 Å². The Morgan fingerprint density at radius 3 is 2.81 bits per heavy atom. The van der Waals surface area contributed by atoms with E-state index in [1.54, 1.807) is 0 Å². The van der Waals surface area contributed by atoms with Crippen LogP contribution in [0.25, 0.3) is 0 Å². The van der Waals surface area contributed by atoms with Gasteiger partial charge in [-0.3, -0.25) is 9.69 Å². The van der Waals surface area contributed by atoms with Crippen LogP contribution in [0, 0.1) is 13.8 Å². The number of carbonyl (C=O) groups excluding carboxylic acids is 1. The molecule has 0 N–H and O–H groups in total. The molecular formula is C18H27NO2. The predicted molar refractivity (Wildman–Crippen MR) is 85.2 cm³/mol. The first-order valence-corrected chi connectivity index (χ1v) is 7.97. The summed E-state index contributed by atoms with van der Waals surface area (Å²) in [4.78, 5) is 13.9. The van der Waals surface area contributed by atoms with E-state index in [4.69, 9.17) is 4.74 Å². The second-order valence-corrected chi connectivity index (χ2v) is 6.15. The third kappa shape index (κ3) is 4.57. The molecule has 1 atom stereocenters. The molecule has 1 fully saturated rings. The fourth-order valence-electron chi connectivity index (χ4n) is 3.12. The number of hydrogen-bond acceptors (Lipinski definition) is 3. The van der Waals surface area contributed by atoms with Crippen LogP contribution in [0.2, 0.25) is 0 Å². The van der Waals surface area contributed by atoms with Crippen LogP contribution in [-0.2, 0) is 16.1 Å². The van der Waals surface area contributed by atoms with Crippen molar-refractivity contribution in [3.05, 3.63) is 34.9 Å². The molecule has 1 aliphatic rings. The van der Waals surface area contributed by atoms with Gasteiger partial charge < -0.3 is 4.74 Å². The summed E-state index contributed by atoms with van der Waals surface area (Å²) in [5.74, 6) is -0.0910. The van der Waals surface area contributed by atoms with Gasteiger partial charge in [0.05, 0.1) is 7.11 Å². The lowest BCUT2D eigenvalue weighted by Crippen LogP contribution is -2.39. The number of aryl methyl sites for hydroxylation is 2. The SMILES string of the molecule is COC(=O)CCC1CCCCN1Cc1ccc(C)c(C)c1. The Hall–Kier alpha value is -1.35. The van der Waals surface area contributed by atoms with Gasteiger partial charge in [-0.25, -0.2) is 0 Å². The summed E-state index contributed by atoms with van der Waals surface area (Å²) in [6.45, 7) is 6.45. The van der Waals surface area contributed by atoms with E-state index in [1.807, 2.05) is 0 Å². The van der Waals surface area contributed by atoms with Gasteiger partial charge in [0.25, 0.3) is 0 Å². The van der Waals surface area contributed by atoms with E-state index in [1.165, 1.54) is 43.1 Å². The first-order valence-electron chi connectivity index (χ1n) is 7.97. The molecule has 1 heterocycles. The number of esters is 1. The summed E-state index contributed by atoms with van der Waals surface area (Å²) in [5.41, 5.74) is 4.08. The van der Waals surface area contributed by atoms with Crippen molar-refractivity contribution in [2.24, 2.45) is 0 Å². The van der Waals surface area contributed by atoms with Crippen molar-refractivity contribution >= 4 is 5.97 Å². The number of carbonyl (C=O) groups is 1. The van der Waals surface area contributed by atoms with Crippen molar-refractivity contribution in [1.82, 2.24) is 4.90 Å². The minimum Gasteiger partial charge on any atom is -0.469 e. The third-order valence-electron chi connectivity index (χ3n) is 4.62. The van der Waals surface area contributed by atoms with Crippen molar-refractivity contribution in [2.75, 3.05) is 13.7 Å². The van der Waals surface area contributed by atoms with Crippen molar-refractivity contribution in [3.8, 4) is 0 Å². The number of likely N-dealkylation sites (tertiary alicyclic amines) is 1. The van der Waals surface area contributed by atoms with Crippen LogP contribution < -0.4 is 0 Å². The molecule has 3 heteroatoms. The smallest absolute Gasteiger partial charge is 0.305 e. The zero-order chi connectivity index (χ0) is 15.2. The van der Waals surface area contributed by atoms with Gasteiger partial charge in [-0.15, -0.1) is 0 Å². The van der Waals surface area contributed by atoms with Gasteiger partial charge in [0, 0.05) is 19.0 Å². The molecule has 0 aliphatic carbocycles. The van der Waals surface area contributed by atoms with E-state index < -0.39 is 0 Å². The largest absolute Gasteiger partial charge is 0.469 e. The number of methoxy groups -OCH3 is 1. The number of hydrogen-bond donors (Lipinski definition) is 0. The Labute approximate surface area is 128 Å². The molecule has 3 nitrogen and oxygen atoms in total. The second kappa shape index (κ2) is 7.60. The predicted octanol–water partition coefficient (Wildman–Crippen LogP) is 3.61. The highest BCUT2D eigenvalue weighted by Crippen LogP contribution is 2.23. The van der Waals surface area contributed by atoms with E-state index in [0.717, 1.165) is 19.5 Å². The molecule has 1 aromatic carbocycles. The van der Waals surface area contributed by atoms with Crippen LogP contribution >= 0.6 is 0 Å². The van der Waals surface area contributed by atoms with E-state index in [2.05, 4.69) is 36.9 Å².